The van der Waals surface area contributed by atoms with Crippen molar-refractivity contribution in [2.75, 3.05) is 31.2 Å². The van der Waals surface area contributed by atoms with Gasteiger partial charge < -0.3 is 15.5 Å². The van der Waals surface area contributed by atoms with Crippen LogP contribution in [0.25, 0.3) is 0 Å². The van der Waals surface area contributed by atoms with Crippen LogP contribution in [-0.2, 0) is 21.1 Å². The van der Waals surface area contributed by atoms with Crippen molar-refractivity contribution in [3.05, 3.63) is 58.9 Å². The first kappa shape index (κ1) is 25.2. The average Bonchev–Trinajstić information content (AvgIpc) is 3.16. The molecule has 9 heteroatoms. The molecule has 4 rings (SSSR count). The second-order valence-corrected chi connectivity index (χ2v) is 12.0. The summed E-state index contributed by atoms with van der Waals surface area (Å²) in [6.07, 6.45) is 4.33. The van der Waals surface area contributed by atoms with E-state index in [1.807, 2.05) is 0 Å². The van der Waals surface area contributed by atoms with Crippen LogP contribution in [0.15, 0.2) is 41.3 Å². The topological polar surface area (TPSA) is 95.6 Å². The number of rotatable bonds is 6. The third kappa shape index (κ3) is 5.66. The number of hydrogen-bond acceptors (Lipinski definition) is 5. The minimum Gasteiger partial charge on any atom is -0.380 e. The van der Waals surface area contributed by atoms with Gasteiger partial charge in [-0.1, -0.05) is 6.92 Å². The number of amides is 2. The van der Waals surface area contributed by atoms with Gasteiger partial charge in [0.25, 0.3) is 5.91 Å². The fourth-order valence-electron chi connectivity index (χ4n) is 4.88. The Morgan fingerprint density at radius 1 is 1.14 bits per heavy atom. The maximum atomic E-state index is 14.5. The van der Waals surface area contributed by atoms with E-state index in [9.17, 15) is 22.4 Å². The first-order valence-corrected chi connectivity index (χ1v) is 13.8. The van der Waals surface area contributed by atoms with Gasteiger partial charge in [-0.3, -0.25) is 9.59 Å². The lowest BCUT2D eigenvalue weighted by Crippen LogP contribution is -2.51. The Labute approximate surface area is 206 Å². The molecular weight excluding hydrogens is 469 g/mol. The van der Waals surface area contributed by atoms with Crippen LogP contribution in [0.3, 0.4) is 0 Å². The summed E-state index contributed by atoms with van der Waals surface area (Å²) in [5, 5.41) is 6.04. The molecule has 0 spiro atoms. The molecule has 0 aromatic heterocycles. The Hall–Kier alpha value is -2.94. The number of benzene rings is 2. The van der Waals surface area contributed by atoms with Gasteiger partial charge in [-0.15, -0.1) is 0 Å². The maximum Gasteiger partial charge on any atom is 0.254 e. The molecule has 1 aliphatic heterocycles. The van der Waals surface area contributed by atoms with E-state index in [0.717, 1.165) is 29.7 Å². The lowest BCUT2D eigenvalue weighted by Gasteiger charge is -2.40. The number of nitrogens with zero attached hydrogens (tertiary/aromatic N) is 1. The van der Waals surface area contributed by atoms with Gasteiger partial charge in [0, 0.05) is 30.6 Å². The second-order valence-electron chi connectivity index (χ2n) is 10.0. The second kappa shape index (κ2) is 9.60. The van der Waals surface area contributed by atoms with Crippen molar-refractivity contribution >= 4 is 27.3 Å². The first-order chi connectivity index (χ1) is 16.4. The Kier molecular flexibility index (Phi) is 6.90. The smallest absolute Gasteiger partial charge is 0.254 e. The van der Waals surface area contributed by atoms with Crippen LogP contribution in [0, 0.1) is 5.82 Å². The number of carbonyl (C=O) groups is 2. The summed E-state index contributed by atoms with van der Waals surface area (Å²) in [6, 6.07) is 9.71. The zero-order chi connectivity index (χ0) is 25.4. The van der Waals surface area contributed by atoms with E-state index in [1.54, 1.807) is 35.2 Å². The summed E-state index contributed by atoms with van der Waals surface area (Å²) in [6.45, 7) is 4.99. The Morgan fingerprint density at radius 3 is 2.43 bits per heavy atom. The van der Waals surface area contributed by atoms with Crippen molar-refractivity contribution < 1.29 is 22.4 Å². The highest BCUT2D eigenvalue weighted by Gasteiger charge is 2.32. The van der Waals surface area contributed by atoms with Crippen molar-refractivity contribution in [3.8, 4) is 0 Å². The van der Waals surface area contributed by atoms with Crippen LogP contribution in [0.2, 0.25) is 0 Å². The van der Waals surface area contributed by atoms with Crippen molar-refractivity contribution in [2.45, 2.75) is 55.9 Å². The van der Waals surface area contributed by atoms with Crippen molar-refractivity contribution in [1.82, 2.24) is 10.2 Å². The normalized spacial score (nSPS) is 19.2. The highest BCUT2D eigenvalue weighted by atomic mass is 32.2. The van der Waals surface area contributed by atoms with E-state index in [-0.39, 0.29) is 28.4 Å². The molecule has 188 valence electrons. The molecule has 2 N–H and O–H groups in total. The van der Waals surface area contributed by atoms with E-state index in [2.05, 4.69) is 24.5 Å². The molecule has 1 aliphatic carbocycles. The number of aryl methyl sites for hydroxylation is 1. The fourth-order valence-corrected chi connectivity index (χ4v) is 5.51. The van der Waals surface area contributed by atoms with Gasteiger partial charge in [-0.25, -0.2) is 12.8 Å². The Morgan fingerprint density at radius 2 is 1.80 bits per heavy atom. The largest absolute Gasteiger partial charge is 0.380 e. The fraction of sp³-hybridized carbons (Fsp3) is 0.462. The van der Waals surface area contributed by atoms with Crippen LogP contribution in [0.4, 0.5) is 10.1 Å². The third-order valence-electron chi connectivity index (χ3n) is 7.20. The summed E-state index contributed by atoms with van der Waals surface area (Å²) in [4.78, 5) is 27.3. The minimum absolute atomic E-state index is 0.0115. The van der Waals surface area contributed by atoms with Gasteiger partial charge in [0.1, 0.15) is 5.82 Å². The molecule has 2 amide bonds. The lowest BCUT2D eigenvalue weighted by molar-refractivity contribution is -0.131. The quantitative estimate of drug-likeness (QED) is 0.632. The van der Waals surface area contributed by atoms with E-state index in [1.165, 1.54) is 12.3 Å². The summed E-state index contributed by atoms with van der Waals surface area (Å²) >= 11 is 0. The van der Waals surface area contributed by atoms with Gasteiger partial charge in [0.15, 0.2) is 9.84 Å². The first-order valence-electron chi connectivity index (χ1n) is 11.9. The molecule has 35 heavy (non-hydrogen) atoms. The monoisotopic (exact) mass is 501 g/mol. The standard InChI is InChI=1S/C26H32FN3O4S/c1-17-4-5-18-14-23(27)22(15-21(17)18)25(32)28-16-24(31)30-12-10-26(2,11-13-30)29-19-6-8-20(9-7-19)35(3,33)34/h6-9,14-15,17,29H,4-5,10-13,16H2,1-3H3,(H,28,32). The summed E-state index contributed by atoms with van der Waals surface area (Å²) in [5.41, 5.74) is 2.52. The number of fused-ring (bicyclic) bond motifs is 1. The van der Waals surface area contributed by atoms with Crippen molar-refractivity contribution in [3.63, 3.8) is 0 Å². The summed E-state index contributed by atoms with van der Waals surface area (Å²) in [5.74, 6) is -1.02. The summed E-state index contributed by atoms with van der Waals surface area (Å²) < 4.78 is 37.7. The average molecular weight is 502 g/mol. The number of likely N-dealkylation sites (tertiary alicyclic amines) is 1. The molecule has 0 bridgehead atoms. The zero-order valence-corrected chi connectivity index (χ0v) is 21.2. The summed E-state index contributed by atoms with van der Waals surface area (Å²) in [7, 11) is -3.24. The van der Waals surface area contributed by atoms with Gasteiger partial charge >= 0.3 is 0 Å². The molecule has 1 atom stereocenters. The van der Waals surface area contributed by atoms with E-state index >= 15 is 0 Å². The van der Waals surface area contributed by atoms with Gasteiger partial charge in [0.2, 0.25) is 5.91 Å². The van der Waals surface area contributed by atoms with Crippen molar-refractivity contribution in [1.29, 1.82) is 0 Å². The third-order valence-corrected chi connectivity index (χ3v) is 8.33. The van der Waals surface area contributed by atoms with Crippen LogP contribution in [0.1, 0.15) is 60.5 Å². The molecule has 2 aliphatic rings. The minimum atomic E-state index is -3.24. The SMILES string of the molecule is CC1CCc2cc(F)c(C(=O)NCC(=O)N3CCC(C)(Nc4ccc(S(C)(=O)=O)cc4)CC3)cc21. The predicted molar refractivity (Wildman–Crippen MR) is 133 cm³/mol. The molecule has 1 saturated heterocycles. The van der Waals surface area contributed by atoms with Crippen LogP contribution < -0.4 is 10.6 Å². The molecular formula is C26H32FN3O4S. The van der Waals surface area contributed by atoms with Crippen LogP contribution in [-0.4, -0.2) is 56.6 Å². The van der Waals surface area contributed by atoms with E-state index < -0.39 is 21.6 Å². The van der Waals surface area contributed by atoms with E-state index in [4.69, 9.17) is 0 Å². The highest BCUT2D eigenvalue weighted by Crippen LogP contribution is 2.34. The number of anilines is 1. The van der Waals surface area contributed by atoms with Gasteiger partial charge in [-0.05, 0) is 86.1 Å². The van der Waals surface area contributed by atoms with Gasteiger partial charge in [0.05, 0.1) is 17.0 Å². The number of sulfone groups is 1. The number of piperidine rings is 1. The molecule has 0 saturated carbocycles. The van der Waals surface area contributed by atoms with Gasteiger partial charge in [-0.2, -0.15) is 0 Å². The molecule has 2 aromatic rings. The number of carbonyl (C=O) groups excluding carboxylic acids is 2. The molecule has 1 fully saturated rings. The van der Waals surface area contributed by atoms with Crippen LogP contribution >= 0.6 is 0 Å². The molecule has 1 heterocycles. The van der Waals surface area contributed by atoms with E-state index in [0.29, 0.717) is 31.8 Å². The maximum absolute atomic E-state index is 14.5. The number of nitrogens with one attached hydrogen (secondary N) is 2. The highest BCUT2D eigenvalue weighted by molar-refractivity contribution is 7.90. The molecule has 7 nitrogen and oxygen atoms in total. The van der Waals surface area contributed by atoms with Crippen molar-refractivity contribution in [2.24, 2.45) is 0 Å². The Balaban J connectivity index is 1.29. The molecule has 0 radical (unpaired) electrons. The number of halogens is 1. The lowest BCUT2D eigenvalue weighted by atomic mass is 9.89. The zero-order valence-electron chi connectivity index (χ0n) is 20.4. The van der Waals surface area contributed by atoms with Crippen LogP contribution in [0.5, 0.6) is 0 Å². The Bertz CT molecular complexity index is 1240. The number of hydrogen-bond donors (Lipinski definition) is 2. The molecule has 2 aromatic carbocycles. The predicted octanol–water partition coefficient (Wildman–Crippen LogP) is 3.50. The molecule has 1 unspecified atom stereocenters.